The van der Waals surface area contributed by atoms with Crippen molar-refractivity contribution in [3.63, 3.8) is 0 Å². The number of esters is 1. The Hall–Kier alpha value is -3.33. The predicted molar refractivity (Wildman–Crippen MR) is 99.7 cm³/mol. The number of hydrogen-bond acceptors (Lipinski definition) is 9. The van der Waals surface area contributed by atoms with E-state index in [1.807, 2.05) is 0 Å². The first-order valence-electron chi connectivity index (χ1n) is 8.23. The molecule has 0 aliphatic heterocycles. The molecular weight excluding hydrogens is 392 g/mol. The van der Waals surface area contributed by atoms with E-state index in [1.54, 1.807) is 19.1 Å². The number of benzene rings is 1. The fourth-order valence-corrected chi connectivity index (χ4v) is 2.68. The second kappa shape index (κ2) is 8.13. The smallest absolute Gasteiger partial charge is 0.353 e. The second-order valence-corrected chi connectivity index (χ2v) is 6.09. The summed E-state index contributed by atoms with van der Waals surface area (Å²) in [6, 6.07) is 6.17. The second-order valence-electron chi connectivity index (χ2n) is 5.72. The maximum atomic E-state index is 12.3. The Kier molecular flexibility index (Phi) is 5.65. The van der Waals surface area contributed by atoms with E-state index in [0.717, 1.165) is 11.6 Å². The van der Waals surface area contributed by atoms with Gasteiger partial charge in [0.05, 0.1) is 6.61 Å². The van der Waals surface area contributed by atoms with Gasteiger partial charge in [-0.3, -0.25) is 4.79 Å². The molecule has 9 nitrogen and oxygen atoms in total. The maximum Gasteiger partial charge on any atom is 0.353 e. The van der Waals surface area contributed by atoms with Crippen LogP contribution in [-0.2, 0) is 16.0 Å². The molecule has 28 heavy (non-hydrogen) atoms. The van der Waals surface area contributed by atoms with Crippen molar-refractivity contribution in [2.24, 2.45) is 0 Å². The first kappa shape index (κ1) is 19.4. The third-order valence-electron chi connectivity index (χ3n) is 3.75. The molecule has 0 amide bonds. The number of carbonyl (C=O) groups excluding carboxylic acids is 1. The number of rotatable bonds is 6. The predicted octanol–water partition coefficient (Wildman–Crippen LogP) is 2.09. The number of aromatic nitrogens is 1. The summed E-state index contributed by atoms with van der Waals surface area (Å²) in [5.74, 6) is -0.506. The molecule has 1 unspecified atom stereocenters. The third-order valence-corrected chi connectivity index (χ3v) is 3.94. The summed E-state index contributed by atoms with van der Waals surface area (Å²) in [6.07, 6.45) is 0.167. The van der Waals surface area contributed by atoms with Crippen LogP contribution in [0.5, 0.6) is 5.75 Å². The maximum absolute atomic E-state index is 12.3. The van der Waals surface area contributed by atoms with Gasteiger partial charge in [0, 0.05) is 12.5 Å². The number of phenolic OH excluding ortho intramolecular Hbond substituents is 1. The Morgan fingerprint density at radius 1 is 1.29 bits per heavy atom. The largest absolute Gasteiger partial charge is 0.508 e. The van der Waals surface area contributed by atoms with Crippen LogP contribution in [-0.4, -0.2) is 28.7 Å². The van der Waals surface area contributed by atoms with E-state index in [4.69, 9.17) is 20.8 Å². The lowest BCUT2D eigenvalue weighted by atomic mass is 10.1. The van der Waals surface area contributed by atoms with E-state index in [1.165, 1.54) is 12.1 Å². The van der Waals surface area contributed by atoms with Crippen LogP contribution in [0.3, 0.4) is 0 Å². The van der Waals surface area contributed by atoms with Gasteiger partial charge in [0.25, 0.3) is 11.6 Å². The zero-order valence-corrected chi connectivity index (χ0v) is 15.4. The zero-order chi connectivity index (χ0) is 20.3. The molecule has 0 aliphatic rings. The van der Waals surface area contributed by atoms with Crippen LogP contribution < -0.4 is 16.5 Å². The number of anilines is 1. The average molecular weight is 407 g/mol. The highest BCUT2D eigenvalue weighted by Crippen LogP contribution is 2.18. The molecular formula is C18H15ClN2O7. The van der Waals surface area contributed by atoms with Gasteiger partial charge in [0.2, 0.25) is 5.22 Å². The van der Waals surface area contributed by atoms with Gasteiger partial charge >= 0.3 is 11.6 Å². The topological polar surface area (TPSA) is 132 Å². The first-order valence-corrected chi connectivity index (χ1v) is 8.60. The SMILES string of the molecule is CCOC(=O)C(Cc1ccc(O)cc1)Nc1nc(=O)c2c(=O)oc(Cl)cc2o1. The Bertz CT molecular complexity index is 1120. The summed E-state index contributed by atoms with van der Waals surface area (Å²) in [6.45, 7) is 1.81. The highest BCUT2D eigenvalue weighted by molar-refractivity contribution is 6.29. The number of aromatic hydroxyl groups is 1. The van der Waals surface area contributed by atoms with Crippen molar-refractivity contribution >= 4 is 34.6 Å². The van der Waals surface area contributed by atoms with E-state index >= 15 is 0 Å². The summed E-state index contributed by atoms with van der Waals surface area (Å²) in [5, 5.41) is 11.4. The minimum absolute atomic E-state index is 0.0855. The number of phenols is 1. The molecule has 146 valence electrons. The average Bonchev–Trinajstić information content (AvgIpc) is 2.62. The Labute approximate surface area is 162 Å². The standard InChI is InChI=1S/C18H15ClN2O7/c1-2-26-16(24)11(7-9-3-5-10(22)6-4-9)20-18-21-15(23)14-12(27-18)8-13(19)28-17(14)25/h3-6,8,11,22H,2,7H2,1H3,(H,20,21,23). The van der Waals surface area contributed by atoms with Crippen LogP contribution in [0.15, 0.2) is 48.8 Å². The number of fused-ring (bicyclic) bond motifs is 1. The van der Waals surface area contributed by atoms with Crippen molar-refractivity contribution in [2.45, 2.75) is 19.4 Å². The quantitative estimate of drug-likeness (QED) is 0.590. The molecule has 2 aromatic heterocycles. The fraction of sp³-hybridized carbons (Fsp3) is 0.222. The van der Waals surface area contributed by atoms with E-state index < -0.39 is 23.2 Å². The minimum Gasteiger partial charge on any atom is -0.508 e. The molecule has 0 fully saturated rings. The number of carbonyl (C=O) groups is 1. The molecule has 0 aliphatic carbocycles. The Morgan fingerprint density at radius 3 is 2.68 bits per heavy atom. The molecule has 0 bridgehead atoms. The van der Waals surface area contributed by atoms with E-state index in [9.17, 15) is 19.5 Å². The molecule has 10 heteroatoms. The molecule has 2 N–H and O–H groups in total. The minimum atomic E-state index is -0.971. The van der Waals surface area contributed by atoms with Gasteiger partial charge in [-0.05, 0) is 36.2 Å². The van der Waals surface area contributed by atoms with Gasteiger partial charge in [-0.2, -0.15) is 4.98 Å². The summed E-state index contributed by atoms with van der Waals surface area (Å²) in [4.78, 5) is 39.8. The van der Waals surface area contributed by atoms with Crippen molar-refractivity contribution < 1.29 is 23.5 Å². The van der Waals surface area contributed by atoms with Crippen molar-refractivity contribution in [1.29, 1.82) is 0 Å². The molecule has 1 atom stereocenters. The molecule has 0 saturated carbocycles. The highest BCUT2D eigenvalue weighted by atomic mass is 35.5. The van der Waals surface area contributed by atoms with Crippen LogP contribution in [0.2, 0.25) is 5.22 Å². The van der Waals surface area contributed by atoms with Crippen molar-refractivity contribution in [3.8, 4) is 5.75 Å². The van der Waals surface area contributed by atoms with Crippen LogP contribution in [0.1, 0.15) is 12.5 Å². The normalized spacial score (nSPS) is 11.9. The fourth-order valence-electron chi connectivity index (χ4n) is 2.51. The van der Waals surface area contributed by atoms with Crippen LogP contribution in [0.25, 0.3) is 11.0 Å². The van der Waals surface area contributed by atoms with Gasteiger partial charge < -0.3 is 24.0 Å². The number of hydrogen-bond donors (Lipinski definition) is 2. The molecule has 2 heterocycles. The lowest BCUT2D eigenvalue weighted by Gasteiger charge is -2.17. The van der Waals surface area contributed by atoms with E-state index in [2.05, 4.69) is 14.7 Å². The van der Waals surface area contributed by atoms with Crippen LogP contribution in [0.4, 0.5) is 6.01 Å². The molecule has 0 saturated heterocycles. The molecule has 0 radical (unpaired) electrons. The zero-order valence-electron chi connectivity index (χ0n) is 14.6. The number of halogens is 1. The van der Waals surface area contributed by atoms with E-state index in [0.29, 0.717) is 0 Å². The molecule has 0 spiro atoms. The van der Waals surface area contributed by atoms with Gasteiger partial charge in [-0.25, -0.2) is 9.59 Å². The Morgan fingerprint density at radius 2 is 2.00 bits per heavy atom. The molecule has 3 rings (SSSR count). The summed E-state index contributed by atoms with van der Waals surface area (Å²) in [5.41, 5.74) is -1.27. The third kappa shape index (κ3) is 4.32. The van der Waals surface area contributed by atoms with Crippen molar-refractivity contribution in [3.05, 3.63) is 61.9 Å². The van der Waals surface area contributed by atoms with Crippen LogP contribution >= 0.6 is 11.6 Å². The Balaban J connectivity index is 1.95. The first-order chi connectivity index (χ1) is 13.4. The van der Waals surface area contributed by atoms with Gasteiger partial charge in [-0.1, -0.05) is 12.1 Å². The lowest BCUT2D eigenvalue weighted by molar-refractivity contribution is -0.144. The lowest BCUT2D eigenvalue weighted by Crippen LogP contribution is -2.34. The number of ether oxygens (including phenoxy) is 1. The molecule has 1 aromatic carbocycles. The highest BCUT2D eigenvalue weighted by Gasteiger charge is 2.23. The van der Waals surface area contributed by atoms with Crippen LogP contribution in [0, 0.1) is 0 Å². The summed E-state index contributed by atoms with van der Waals surface area (Å²) in [7, 11) is 0. The number of nitrogens with zero attached hydrogens (tertiary/aromatic N) is 1. The summed E-state index contributed by atoms with van der Waals surface area (Å²) < 4.78 is 15.1. The van der Waals surface area contributed by atoms with Gasteiger partial charge in [0.15, 0.2) is 11.0 Å². The van der Waals surface area contributed by atoms with E-state index in [-0.39, 0.29) is 41.0 Å². The summed E-state index contributed by atoms with van der Waals surface area (Å²) >= 11 is 5.68. The van der Waals surface area contributed by atoms with Gasteiger partial charge in [-0.15, -0.1) is 0 Å². The van der Waals surface area contributed by atoms with Gasteiger partial charge in [0.1, 0.15) is 11.8 Å². The number of nitrogens with one attached hydrogen (secondary N) is 1. The molecule has 3 aromatic rings. The van der Waals surface area contributed by atoms with Crippen molar-refractivity contribution in [2.75, 3.05) is 11.9 Å². The van der Waals surface area contributed by atoms with Crippen molar-refractivity contribution in [1.82, 2.24) is 4.98 Å². The monoisotopic (exact) mass is 406 g/mol.